The molecule has 1 N–H and O–H groups in total. The van der Waals surface area contributed by atoms with Gasteiger partial charge in [-0.25, -0.2) is 4.79 Å². The minimum Gasteiger partial charge on any atom is -0.463 e. The van der Waals surface area contributed by atoms with Gasteiger partial charge in [-0.15, -0.1) is 0 Å². The first-order valence-electron chi connectivity index (χ1n) is 7.60. The second-order valence-corrected chi connectivity index (χ2v) is 5.24. The van der Waals surface area contributed by atoms with Crippen LogP contribution in [0, 0.1) is 11.8 Å². The fourth-order valence-corrected chi connectivity index (χ4v) is 2.25. The molecule has 23 heavy (non-hydrogen) atoms. The van der Waals surface area contributed by atoms with Crippen molar-refractivity contribution in [1.29, 1.82) is 0 Å². The van der Waals surface area contributed by atoms with Gasteiger partial charge in [-0.05, 0) is 24.6 Å². The van der Waals surface area contributed by atoms with E-state index < -0.39 is 17.5 Å². The Bertz CT molecular complexity index is 698. The number of benzene rings is 2. The van der Waals surface area contributed by atoms with Gasteiger partial charge in [0.1, 0.15) is 0 Å². The van der Waals surface area contributed by atoms with E-state index in [0.717, 1.165) is 11.1 Å². The van der Waals surface area contributed by atoms with Crippen molar-refractivity contribution in [2.24, 2.45) is 0 Å². The Hall–Kier alpha value is -2.57. The molecule has 0 aliphatic carbocycles. The molecule has 2 aromatic rings. The SMILES string of the molecule is CCOC(=O)[C@@](O)(C#Cc1ccccc1)[C@H](C)c1ccccc1. The second kappa shape index (κ2) is 7.62. The molecule has 0 aromatic heterocycles. The van der Waals surface area contributed by atoms with Crippen molar-refractivity contribution in [3.05, 3.63) is 71.8 Å². The summed E-state index contributed by atoms with van der Waals surface area (Å²) in [5.74, 6) is 4.36. The molecule has 118 valence electrons. The lowest BCUT2D eigenvalue weighted by atomic mass is 9.83. The minimum absolute atomic E-state index is 0.190. The van der Waals surface area contributed by atoms with Crippen LogP contribution in [0.4, 0.5) is 0 Å². The van der Waals surface area contributed by atoms with Gasteiger partial charge in [0.25, 0.3) is 0 Å². The molecule has 0 aliphatic heterocycles. The standard InChI is InChI=1S/C20H20O3/c1-3-23-19(21)20(22,15-14-17-10-6-4-7-11-17)16(2)18-12-8-5-9-13-18/h4-13,16,22H,3H2,1-2H3/t16-,20-/m1/s1. The van der Waals surface area contributed by atoms with Gasteiger partial charge in [-0.1, -0.05) is 67.3 Å². The topological polar surface area (TPSA) is 46.5 Å². The predicted molar refractivity (Wildman–Crippen MR) is 89.8 cm³/mol. The molecule has 0 saturated heterocycles. The van der Waals surface area contributed by atoms with Crippen molar-refractivity contribution in [1.82, 2.24) is 0 Å². The summed E-state index contributed by atoms with van der Waals surface area (Å²) >= 11 is 0. The predicted octanol–water partition coefficient (Wildman–Crippen LogP) is 3.14. The molecule has 0 unspecified atom stereocenters. The highest BCUT2D eigenvalue weighted by Crippen LogP contribution is 2.29. The first-order chi connectivity index (χ1) is 11.1. The maximum Gasteiger partial charge on any atom is 0.351 e. The molecule has 2 rings (SSSR count). The Labute approximate surface area is 136 Å². The third-order valence-electron chi connectivity index (χ3n) is 3.68. The zero-order chi connectivity index (χ0) is 16.7. The number of hydrogen-bond acceptors (Lipinski definition) is 3. The summed E-state index contributed by atoms with van der Waals surface area (Å²) in [5.41, 5.74) is -0.339. The van der Waals surface area contributed by atoms with Crippen LogP contribution in [0.25, 0.3) is 0 Å². The van der Waals surface area contributed by atoms with Crippen molar-refractivity contribution < 1.29 is 14.6 Å². The van der Waals surface area contributed by atoms with E-state index in [2.05, 4.69) is 11.8 Å². The quantitative estimate of drug-likeness (QED) is 0.697. The largest absolute Gasteiger partial charge is 0.463 e. The van der Waals surface area contributed by atoms with Gasteiger partial charge in [0.15, 0.2) is 0 Å². The van der Waals surface area contributed by atoms with Gasteiger partial charge in [0, 0.05) is 11.5 Å². The number of esters is 1. The summed E-state index contributed by atoms with van der Waals surface area (Å²) in [6, 6.07) is 18.6. The van der Waals surface area contributed by atoms with Gasteiger partial charge in [-0.2, -0.15) is 0 Å². The number of rotatable bonds is 4. The third kappa shape index (κ3) is 4.00. The fourth-order valence-electron chi connectivity index (χ4n) is 2.25. The minimum atomic E-state index is -1.90. The van der Waals surface area contributed by atoms with Crippen LogP contribution in [-0.2, 0) is 9.53 Å². The Kier molecular flexibility index (Phi) is 5.56. The van der Waals surface area contributed by atoms with E-state index in [-0.39, 0.29) is 6.61 Å². The maximum absolute atomic E-state index is 12.3. The molecule has 3 nitrogen and oxygen atoms in total. The van der Waals surface area contributed by atoms with Crippen LogP contribution in [0.3, 0.4) is 0 Å². The van der Waals surface area contributed by atoms with Crippen LogP contribution >= 0.6 is 0 Å². The summed E-state index contributed by atoms with van der Waals surface area (Å²) < 4.78 is 5.05. The van der Waals surface area contributed by atoms with Crippen LogP contribution < -0.4 is 0 Å². The second-order valence-electron chi connectivity index (χ2n) is 5.24. The maximum atomic E-state index is 12.3. The average Bonchev–Trinajstić information content (AvgIpc) is 2.61. The molecule has 0 aliphatic rings. The van der Waals surface area contributed by atoms with Crippen molar-refractivity contribution in [3.8, 4) is 11.8 Å². The molecular weight excluding hydrogens is 288 g/mol. The summed E-state index contributed by atoms with van der Waals surface area (Å²) in [6.45, 7) is 3.66. The monoisotopic (exact) mass is 308 g/mol. The smallest absolute Gasteiger partial charge is 0.351 e. The van der Waals surface area contributed by atoms with Crippen LogP contribution in [0.2, 0.25) is 0 Å². The van der Waals surface area contributed by atoms with E-state index in [1.165, 1.54) is 0 Å². The van der Waals surface area contributed by atoms with Gasteiger partial charge in [0.05, 0.1) is 6.61 Å². The number of carbonyl (C=O) groups excluding carboxylic acids is 1. The number of carbonyl (C=O) groups is 1. The van der Waals surface area contributed by atoms with E-state index >= 15 is 0 Å². The molecule has 2 aromatic carbocycles. The Morgan fingerprint density at radius 1 is 1.13 bits per heavy atom. The molecule has 3 heteroatoms. The van der Waals surface area contributed by atoms with Crippen LogP contribution in [0.15, 0.2) is 60.7 Å². The molecule has 0 radical (unpaired) electrons. The Morgan fingerprint density at radius 3 is 2.26 bits per heavy atom. The highest BCUT2D eigenvalue weighted by atomic mass is 16.5. The molecule has 0 fully saturated rings. The van der Waals surface area contributed by atoms with Crippen molar-refractivity contribution in [2.75, 3.05) is 6.61 Å². The van der Waals surface area contributed by atoms with Gasteiger partial charge < -0.3 is 9.84 Å². The Morgan fingerprint density at radius 2 is 1.70 bits per heavy atom. The molecule has 2 atom stereocenters. The summed E-state index contributed by atoms with van der Waals surface area (Å²) in [6.07, 6.45) is 0. The molecular formula is C20H20O3. The molecule has 0 bridgehead atoms. The summed E-state index contributed by atoms with van der Waals surface area (Å²) in [5, 5.41) is 10.9. The zero-order valence-corrected chi connectivity index (χ0v) is 13.3. The zero-order valence-electron chi connectivity index (χ0n) is 13.3. The molecule has 0 amide bonds. The molecule has 0 heterocycles. The number of hydrogen-bond donors (Lipinski definition) is 1. The molecule has 0 saturated carbocycles. The van der Waals surface area contributed by atoms with E-state index in [4.69, 9.17) is 4.74 Å². The average molecular weight is 308 g/mol. The van der Waals surface area contributed by atoms with E-state index in [0.29, 0.717) is 0 Å². The lowest BCUT2D eigenvalue weighted by molar-refractivity contribution is -0.160. The first-order valence-corrected chi connectivity index (χ1v) is 7.60. The fraction of sp³-hybridized carbons (Fsp3) is 0.250. The van der Waals surface area contributed by atoms with Crippen LogP contribution in [-0.4, -0.2) is 23.3 Å². The van der Waals surface area contributed by atoms with Gasteiger partial charge >= 0.3 is 5.97 Å². The summed E-state index contributed by atoms with van der Waals surface area (Å²) in [7, 11) is 0. The van der Waals surface area contributed by atoms with Crippen LogP contribution in [0.1, 0.15) is 30.9 Å². The van der Waals surface area contributed by atoms with Gasteiger partial charge in [0.2, 0.25) is 5.60 Å². The van der Waals surface area contributed by atoms with Crippen molar-refractivity contribution in [3.63, 3.8) is 0 Å². The normalized spacial score (nSPS) is 14.0. The van der Waals surface area contributed by atoms with E-state index in [1.54, 1.807) is 13.8 Å². The van der Waals surface area contributed by atoms with E-state index in [9.17, 15) is 9.90 Å². The first kappa shape index (κ1) is 16.8. The highest BCUT2D eigenvalue weighted by Gasteiger charge is 2.42. The highest BCUT2D eigenvalue weighted by molar-refractivity contribution is 5.85. The van der Waals surface area contributed by atoms with Crippen molar-refractivity contribution in [2.45, 2.75) is 25.4 Å². The van der Waals surface area contributed by atoms with Crippen LogP contribution in [0.5, 0.6) is 0 Å². The van der Waals surface area contributed by atoms with Crippen molar-refractivity contribution >= 4 is 5.97 Å². The number of ether oxygens (including phenoxy) is 1. The number of aliphatic hydroxyl groups is 1. The Balaban J connectivity index is 2.40. The lowest BCUT2D eigenvalue weighted by Crippen LogP contribution is -2.43. The molecule has 0 spiro atoms. The van der Waals surface area contributed by atoms with Gasteiger partial charge in [-0.3, -0.25) is 0 Å². The van der Waals surface area contributed by atoms with E-state index in [1.807, 2.05) is 60.7 Å². The summed E-state index contributed by atoms with van der Waals surface area (Å²) in [4.78, 5) is 12.3. The third-order valence-corrected chi connectivity index (χ3v) is 3.68. The lowest BCUT2D eigenvalue weighted by Gasteiger charge is -2.27.